The molecule has 1 aromatic heterocycles. The van der Waals surface area contributed by atoms with Gasteiger partial charge >= 0.3 is 0 Å². The van der Waals surface area contributed by atoms with Crippen LogP contribution in [0, 0.1) is 0 Å². The van der Waals surface area contributed by atoms with E-state index in [4.69, 9.17) is 17.3 Å². The Hall–Kier alpha value is -2.01. The molecule has 0 aliphatic carbocycles. The fourth-order valence-electron chi connectivity index (χ4n) is 1.78. The topological polar surface area (TPSA) is 72.9 Å². The van der Waals surface area contributed by atoms with Crippen molar-refractivity contribution in [1.29, 1.82) is 0 Å². The highest BCUT2D eigenvalue weighted by Gasteiger charge is 2.08. The number of carbonyl (C=O) groups excluding carboxylic acids is 1. The zero-order valence-electron chi connectivity index (χ0n) is 11.4. The summed E-state index contributed by atoms with van der Waals surface area (Å²) in [5.74, 6) is -0.536. The molecule has 3 N–H and O–H groups in total. The smallest absolute Gasteiger partial charge is 0.250 e. The number of primary amides is 1. The highest BCUT2D eigenvalue weighted by molar-refractivity contribution is 6.33. The molecule has 6 heteroatoms. The minimum atomic E-state index is -0.536. The Labute approximate surface area is 122 Å². The van der Waals surface area contributed by atoms with Crippen molar-refractivity contribution in [3.63, 3.8) is 0 Å². The van der Waals surface area contributed by atoms with Gasteiger partial charge in [-0.15, -0.1) is 0 Å². The van der Waals surface area contributed by atoms with Gasteiger partial charge in [-0.1, -0.05) is 11.6 Å². The van der Waals surface area contributed by atoms with Crippen LogP contribution in [0.25, 0.3) is 0 Å². The van der Waals surface area contributed by atoms with Gasteiger partial charge in [-0.05, 0) is 32.0 Å². The van der Waals surface area contributed by atoms with Gasteiger partial charge in [0.1, 0.15) is 0 Å². The normalized spacial score (nSPS) is 10.8. The lowest BCUT2D eigenvalue weighted by Gasteiger charge is -2.07. The summed E-state index contributed by atoms with van der Waals surface area (Å²) in [5.41, 5.74) is 7.43. The number of hydrogen-bond donors (Lipinski definition) is 2. The van der Waals surface area contributed by atoms with Crippen molar-refractivity contribution in [1.82, 2.24) is 9.78 Å². The molecule has 0 aliphatic heterocycles. The summed E-state index contributed by atoms with van der Waals surface area (Å²) in [5, 5.41) is 7.84. The van der Waals surface area contributed by atoms with E-state index in [2.05, 4.69) is 24.3 Å². The molecule has 5 nitrogen and oxygen atoms in total. The van der Waals surface area contributed by atoms with Crippen LogP contribution in [0.5, 0.6) is 0 Å². The van der Waals surface area contributed by atoms with Gasteiger partial charge in [-0.25, -0.2) is 0 Å². The lowest BCUT2D eigenvalue weighted by Crippen LogP contribution is -2.12. The standard InChI is InChI=1S/C14H17ClN4O/c1-9(2)19-8-10(7-18-19)6-17-11-3-4-13(15)12(5-11)14(16)20/h3-5,7-9,17H,6H2,1-2H3,(H2,16,20). The second kappa shape index (κ2) is 5.96. The predicted octanol–water partition coefficient (Wildman–Crippen LogP) is 2.83. The first-order chi connectivity index (χ1) is 9.47. The van der Waals surface area contributed by atoms with Gasteiger partial charge in [0.25, 0.3) is 0 Å². The van der Waals surface area contributed by atoms with E-state index in [0.29, 0.717) is 23.2 Å². The first-order valence-electron chi connectivity index (χ1n) is 6.33. The van der Waals surface area contributed by atoms with E-state index in [-0.39, 0.29) is 0 Å². The highest BCUT2D eigenvalue weighted by atomic mass is 35.5. The van der Waals surface area contributed by atoms with E-state index in [0.717, 1.165) is 11.3 Å². The van der Waals surface area contributed by atoms with Crippen molar-refractivity contribution in [2.24, 2.45) is 5.73 Å². The number of nitrogens with one attached hydrogen (secondary N) is 1. The monoisotopic (exact) mass is 292 g/mol. The Morgan fingerprint density at radius 2 is 2.25 bits per heavy atom. The molecule has 0 saturated heterocycles. The van der Waals surface area contributed by atoms with Crippen LogP contribution in [-0.2, 0) is 6.54 Å². The first-order valence-corrected chi connectivity index (χ1v) is 6.71. The maximum atomic E-state index is 11.2. The maximum Gasteiger partial charge on any atom is 0.250 e. The number of halogens is 1. The number of rotatable bonds is 5. The quantitative estimate of drug-likeness (QED) is 0.890. The van der Waals surface area contributed by atoms with Crippen molar-refractivity contribution >= 4 is 23.2 Å². The molecular weight excluding hydrogens is 276 g/mol. The first kappa shape index (κ1) is 14.4. The third kappa shape index (κ3) is 3.30. The lowest BCUT2D eigenvalue weighted by molar-refractivity contribution is 0.100. The van der Waals surface area contributed by atoms with Gasteiger partial charge in [-0.3, -0.25) is 9.48 Å². The molecule has 2 aromatic rings. The third-order valence-corrected chi connectivity index (χ3v) is 3.24. The van der Waals surface area contributed by atoms with E-state index in [1.165, 1.54) is 0 Å². The van der Waals surface area contributed by atoms with Gasteiger partial charge in [0.2, 0.25) is 5.91 Å². The number of nitrogens with two attached hydrogens (primary N) is 1. The molecule has 0 unspecified atom stereocenters. The Balaban J connectivity index is 2.06. The van der Waals surface area contributed by atoms with Crippen LogP contribution in [-0.4, -0.2) is 15.7 Å². The van der Waals surface area contributed by atoms with Crippen LogP contribution in [0.15, 0.2) is 30.6 Å². The second-order valence-corrected chi connectivity index (χ2v) is 5.24. The van der Waals surface area contributed by atoms with Gasteiger partial charge in [-0.2, -0.15) is 5.10 Å². The van der Waals surface area contributed by atoms with Crippen LogP contribution in [0.1, 0.15) is 35.8 Å². The predicted molar refractivity (Wildman–Crippen MR) is 79.9 cm³/mol. The second-order valence-electron chi connectivity index (χ2n) is 4.83. The summed E-state index contributed by atoms with van der Waals surface area (Å²) in [7, 11) is 0. The minimum Gasteiger partial charge on any atom is -0.381 e. The van der Waals surface area contributed by atoms with Gasteiger partial charge in [0.15, 0.2) is 0 Å². The van der Waals surface area contributed by atoms with E-state index < -0.39 is 5.91 Å². The van der Waals surface area contributed by atoms with Crippen LogP contribution in [0.4, 0.5) is 5.69 Å². The number of carbonyl (C=O) groups is 1. The van der Waals surface area contributed by atoms with E-state index >= 15 is 0 Å². The summed E-state index contributed by atoms with van der Waals surface area (Å²) >= 11 is 5.90. The molecule has 1 heterocycles. The Morgan fingerprint density at radius 1 is 1.50 bits per heavy atom. The molecule has 0 spiro atoms. The fourth-order valence-corrected chi connectivity index (χ4v) is 1.99. The summed E-state index contributed by atoms with van der Waals surface area (Å²) in [4.78, 5) is 11.2. The summed E-state index contributed by atoms with van der Waals surface area (Å²) in [6, 6.07) is 5.45. The van der Waals surface area contributed by atoms with Crippen LogP contribution >= 0.6 is 11.6 Å². The van der Waals surface area contributed by atoms with Gasteiger partial charge in [0, 0.05) is 30.0 Å². The van der Waals surface area contributed by atoms with Crippen molar-refractivity contribution in [3.05, 3.63) is 46.7 Å². The summed E-state index contributed by atoms with van der Waals surface area (Å²) in [6.45, 7) is 4.76. The molecule has 20 heavy (non-hydrogen) atoms. The van der Waals surface area contributed by atoms with Gasteiger partial charge in [0.05, 0.1) is 16.8 Å². The molecule has 0 atom stereocenters. The molecular formula is C14H17ClN4O. The highest BCUT2D eigenvalue weighted by Crippen LogP contribution is 2.20. The molecule has 106 valence electrons. The molecule has 1 aromatic carbocycles. The maximum absolute atomic E-state index is 11.2. The number of amides is 1. The molecule has 0 bridgehead atoms. The Morgan fingerprint density at radius 3 is 2.85 bits per heavy atom. The third-order valence-electron chi connectivity index (χ3n) is 2.91. The fraction of sp³-hybridized carbons (Fsp3) is 0.286. The average Bonchev–Trinajstić information content (AvgIpc) is 2.86. The van der Waals surface area contributed by atoms with Crippen LogP contribution < -0.4 is 11.1 Å². The number of nitrogens with zero attached hydrogens (tertiary/aromatic N) is 2. The Bertz CT molecular complexity index is 621. The molecule has 0 aliphatic rings. The summed E-state index contributed by atoms with van der Waals surface area (Å²) in [6.07, 6.45) is 3.81. The van der Waals surface area contributed by atoms with E-state index in [1.54, 1.807) is 12.1 Å². The van der Waals surface area contributed by atoms with Gasteiger partial charge < -0.3 is 11.1 Å². The Kier molecular flexibility index (Phi) is 4.29. The molecule has 2 rings (SSSR count). The van der Waals surface area contributed by atoms with Crippen LogP contribution in [0.2, 0.25) is 5.02 Å². The number of benzene rings is 1. The summed E-state index contributed by atoms with van der Waals surface area (Å²) < 4.78 is 1.90. The number of hydrogen-bond acceptors (Lipinski definition) is 3. The molecule has 0 fully saturated rings. The zero-order valence-corrected chi connectivity index (χ0v) is 12.2. The lowest BCUT2D eigenvalue weighted by atomic mass is 10.2. The number of aromatic nitrogens is 2. The average molecular weight is 293 g/mol. The van der Waals surface area contributed by atoms with Crippen LogP contribution in [0.3, 0.4) is 0 Å². The zero-order chi connectivity index (χ0) is 14.7. The van der Waals surface area contributed by atoms with E-state index in [1.807, 2.05) is 23.1 Å². The minimum absolute atomic E-state index is 0.314. The molecule has 0 radical (unpaired) electrons. The van der Waals surface area contributed by atoms with Crippen molar-refractivity contribution in [3.8, 4) is 0 Å². The van der Waals surface area contributed by atoms with Crippen molar-refractivity contribution in [2.45, 2.75) is 26.4 Å². The largest absolute Gasteiger partial charge is 0.381 e. The SMILES string of the molecule is CC(C)n1cc(CNc2ccc(Cl)c(C(N)=O)c2)cn1. The molecule has 1 amide bonds. The van der Waals surface area contributed by atoms with E-state index in [9.17, 15) is 4.79 Å². The van der Waals surface area contributed by atoms with Crippen molar-refractivity contribution in [2.75, 3.05) is 5.32 Å². The van der Waals surface area contributed by atoms with Crippen molar-refractivity contribution < 1.29 is 4.79 Å². The molecule has 0 saturated carbocycles. The number of anilines is 1.